The summed E-state index contributed by atoms with van der Waals surface area (Å²) in [5, 5.41) is 3.60. The van der Waals surface area contributed by atoms with E-state index < -0.39 is 5.82 Å². The zero-order valence-corrected chi connectivity index (χ0v) is 9.41. The average molecular weight is 250 g/mol. The van der Waals surface area contributed by atoms with Crippen molar-refractivity contribution >= 4 is 23.2 Å². The van der Waals surface area contributed by atoms with Gasteiger partial charge in [-0.25, -0.2) is 4.39 Å². The van der Waals surface area contributed by atoms with Crippen molar-refractivity contribution in [1.82, 2.24) is 5.32 Å². The van der Waals surface area contributed by atoms with Gasteiger partial charge in [0.2, 0.25) is 0 Å². The summed E-state index contributed by atoms with van der Waals surface area (Å²) in [5.74, 6) is -0.466. The Morgan fingerprint density at radius 3 is 2.73 bits per heavy atom. The molecule has 0 aromatic heterocycles. The van der Waals surface area contributed by atoms with Crippen molar-refractivity contribution in [2.75, 3.05) is 19.8 Å². The minimum atomic E-state index is -0.466. The molecule has 82 valence electrons. The van der Waals surface area contributed by atoms with Crippen molar-refractivity contribution in [3.63, 3.8) is 0 Å². The molecule has 1 N–H and O–H groups in total. The molecule has 2 nitrogen and oxygen atoms in total. The Kier molecular flexibility index (Phi) is 3.46. The number of hydrogen-bond donors (Lipinski definition) is 1. The number of benzene rings is 1. The van der Waals surface area contributed by atoms with E-state index in [1.807, 2.05) is 0 Å². The highest BCUT2D eigenvalue weighted by Gasteiger charge is 2.22. The van der Waals surface area contributed by atoms with Gasteiger partial charge >= 0.3 is 0 Å². The monoisotopic (exact) mass is 249 g/mol. The summed E-state index contributed by atoms with van der Waals surface area (Å²) in [6.07, 6.45) is 0. The van der Waals surface area contributed by atoms with E-state index in [9.17, 15) is 4.39 Å². The second kappa shape index (κ2) is 4.66. The van der Waals surface area contributed by atoms with Crippen LogP contribution in [-0.2, 0) is 4.74 Å². The van der Waals surface area contributed by atoms with Crippen molar-refractivity contribution in [2.24, 2.45) is 0 Å². The van der Waals surface area contributed by atoms with Crippen LogP contribution in [0.5, 0.6) is 0 Å². The second-order valence-electron chi connectivity index (χ2n) is 3.34. The Bertz CT molecular complexity index is 367. The topological polar surface area (TPSA) is 21.3 Å². The summed E-state index contributed by atoms with van der Waals surface area (Å²) in [6, 6.07) is 2.83. The van der Waals surface area contributed by atoms with E-state index >= 15 is 0 Å². The summed E-state index contributed by atoms with van der Waals surface area (Å²) in [7, 11) is 0. The van der Waals surface area contributed by atoms with Crippen LogP contribution in [0.2, 0.25) is 10.0 Å². The molecule has 0 bridgehead atoms. The molecule has 0 spiro atoms. The Balaban J connectivity index is 2.36. The third-order valence-corrected chi connectivity index (χ3v) is 2.97. The molecule has 1 aromatic carbocycles. The van der Waals surface area contributed by atoms with E-state index in [4.69, 9.17) is 27.9 Å². The number of morpholine rings is 1. The molecule has 0 unspecified atom stereocenters. The summed E-state index contributed by atoms with van der Waals surface area (Å²) >= 11 is 11.6. The third-order valence-electron chi connectivity index (χ3n) is 2.35. The average Bonchev–Trinajstić information content (AvgIpc) is 2.26. The van der Waals surface area contributed by atoms with Crippen molar-refractivity contribution in [1.29, 1.82) is 0 Å². The maximum absolute atomic E-state index is 13.7. The molecule has 5 heteroatoms. The molecule has 0 aliphatic carbocycles. The Hall–Kier alpha value is -0.350. The molecule has 1 aliphatic heterocycles. The number of hydrogen-bond acceptors (Lipinski definition) is 2. The van der Waals surface area contributed by atoms with E-state index in [0.717, 1.165) is 0 Å². The molecule has 1 aromatic rings. The lowest BCUT2D eigenvalue weighted by Gasteiger charge is -2.25. The standard InChI is InChI=1S/C10H10Cl2FNO/c11-6-1-2-7(12)10(13)9(6)8-5-15-4-3-14-8/h1-2,8,14H,3-5H2/t8-/m1/s1. The molecule has 0 saturated carbocycles. The van der Waals surface area contributed by atoms with Crippen molar-refractivity contribution in [3.8, 4) is 0 Å². The first-order valence-electron chi connectivity index (χ1n) is 4.64. The fourth-order valence-corrected chi connectivity index (χ4v) is 2.06. The Morgan fingerprint density at radius 2 is 2.07 bits per heavy atom. The van der Waals surface area contributed by atoms with Gasteiger partial charge in [0.25, 0.3) is 0 Å². The van der Waals surface area contributed by atoms with E-state index in [-0.39, 0.29) is 11.1 Å². The van der Waals surface area contributed by atoms with Gasteiger partial charge in [0, 0.05) is 17.1 Å². The Labute approximate surface area is 97.3 Å². The van der Waals surface area contributed by atoms with Gasteiger partial charge in [0.15, 0.2) is 0 Å². The van der Waals surface area contributed by atoms with Gasteiger partial charge in [0.1, 0.15) is 5.82 Å². The largest absolute Gasteiger partial charge is 0.378 e. The fraction of sp³-hybridized carbons (Fsp3) is 0.400. The predicted molar refractivity (Wildman–Crippen MR) is 58.0 cm³/mol. The zero-order chi connectivity index (χ0) is 10.8. The molecular formula is C10H10Cl2FNO. The van der Waals surface area contributed by atoms with Crippen LogP contribution in [0.25, 0.3) is 0 Å². The lowest BCUT2D eigenvalue weighted by Crippen LogP contribution is -2.35. The van der Waals surface area contributed by atoms with E-state index in [1.54, 1.807) is 6.07 Å². The number of nitrogens with one attached hydrogen (secondary N) is 1. The van der Waals surface area contributed by atoms with Crippen LogP contribution in [0.3, 0.4) is 0 Å². The minimum absolute atomic E-state index is 0.0850. The van der Waals surface area contributed by atoms with Crippen molar-refractivity contribution in [2.45, 2.75) is 6.04 Å². The Morgan fingerprint density at radius 1 is 1.33 bits per heavy atom. The third kappa shape index (κ3) is 2.26. The van der Waals surface area contributed by atoms with Crippen LogP contribution >= 0.6 is 23.2 Å². The maximum Gasteiger partial charge on any atom is 0.148 e. The molecule has 0 radical (unpaired) electrons. The van der Waals surface area contributed by atoms with Gasteiger partial charge in [-0.3, -0.25) is 0 Å². The maximum atomic E-state index is 13.7. The molecule has 1 atom stereocenters. The van der Waals surface area contributed by atoms with Crippen LogP contribution < -0.4 is 5.32 Å². The summed E-state index contributed by atoms with van der Waals surface area (Å²) in [6.45, 7) is 1.74. The second-order valence-corrected chi connectivity index (χ2v) is 4.15. The highest BCUT2D eigenvalue weighted by Crippen LogP contribution is 2.31. The van der Waals surface area contributed by atoms with E-state index in [2.05, 4.69) is 5.32 Å². The fourth-order valence-electron chi connectivity index (χ4n) is 1.61. The van der Waals surface area contributed by atoms with Gasteiger partial charge in [0.05, 0.1) is 24.3 Å². The molecule has 1 saturated heterocycles. The number of halogens is 3. The highest BCUT2D eigenvalue weighted by molar-refractivity contribution is 6.33. The lowest BCUT2D eigenvalue weighted by atomic mass is 10.1. The van der Waals surface area contributed by atoms with Crippen LogP contribution in [0.4, 0.5) is 4.39 Å². The van der Waals surface area contributed by atoms with Crippen LogP contribution in [0.1, 0.15) is 11.6 Å². The highest BCUT2D eigenvalue weighted by atomic mass is 35.5. The first-order chi connectivity index (χ1) is 7.20. The molecule has 1 aliphatic rings. The smallest absolute Gasteiger partial charge is 0.148 e. The van der Waals surface area contributed by atoms with Gasteiger partial charge in [-0.15, -0.1) is 0 Å². The van der Waals surface area contributed by atoms with E-state index in [0.29, 0.717) is 30.3 Å². The first-order valence-corrected chi connectivity index (χ1v) is 5.40. The molecule has 2 rings (SSSR count). The molecule has 1 heterocycles. The van der Waals surface area contributed by atoms with Crippen LogP contribution in [0, 0.1) is 5.82 Å². The lowest BCUT2D eigenvalue weighted by molar-refractivity contribution is 0.0758. The van der Waals surface area contributed by atoms with Crippen molar-refractivity contribution in [3.05, 3.63) is 33.6 Å². The SMILES string of the molecule is Fc1c(Cl)ccc(Cl)c1[C@H]1COCCN1. The summed E-state index contributed by atoms with van der Waals surface area (Å²) < 4.78 is 19.0. The molecule has 15 heavy (non-hydrogen) atoms. The molecule has 1 fully saturated rings. The van der Waals surface area contributed by atoms with Gasteiger partial charge in [-0.2, -0.15) is 0 Å². The van der Waals surface area contributed by atoms with Crippen molar-refractivity contribution < 1.29 is 9.13 Å². The molecular weight excluding hydrogens is 240 g/mol. The van der Waals surface area contributed by atoms with Gasteiger partial charge < -0.3 is 10.1 Å². The summed E-state index contributed by atoms with van der Waals surface area (Å²) in [4.78, 5) is 0. The number of rotatable bonds is 1. The normalized spacial score (nSPS) is 21.7. The molecule has 0 amide bonds. The van der Waals surface area contributed by atoms with Crippen LogP contribution in [-0.4, -0.2) is 19.8 Å². The van der Waals surface area contributed by atoms with Crippen LogP contribution in [0.15, 0.2) is 12.1 Å². The zero-order valence-electron chi connectivity index (χ0n) is 7.90. The number of ether oxygens (including phenoxy) is 1. The van der Waals surface area contributed by atoms with E-state index in [1.165, 1.54) is 6.07 Å². The van der Waals surface area contributed by atoms with Gasteiger partial charge in [-0.1, -0.05) is 23.2 Å². The minimum Gasteiger partial charge on any atom is -0.378 e. The first kappa shape index (κ1) is 11.1. The van der Waals surface area contributed by atoms with Gasteiger partial charge in [-0.05, 0) is 12.1 Å². The predicted octanol–water partition coefficient (Wildman–Crippen LogP) is 2.79. The quantitative estimate of drug-likeness (QED) is 0.774. The summed E-state index contributed by atoms with van der Waals surface area (Å²) in [5.41, 5.74) is 0.392.